The van der Waals surface area contributed by atoms with Crippen LogP contribution in [0.5, 0.6) is 0 Å². The molecule has 100 valence electrons. The Morgan fingerprint density at radius 3 is 2.89 bits per heavy atom. The molecule has 0 aliphatic heterocycles. The molecule has 0 amide bonds. The fourth-order valence-electron chi connectivity index (χ4n) is 1.74. The highest BCUT2D eigenvalue weighted by Gasteiger charge is 2.10. The zero-order valence-corrected chi connectivity index (χ0v) is 11.6. The highest BCUT2D eigenvalue weighted by molar-refractivity contribution is 7.80. The Labute approximate surface area is 116 Å². The summed E-state index contributed by atoms with van der Waals surface area (Å²) in [5, 5.41) is 7.02. The molecule has 0 aliphatic carbocycles. The Kier molecular flexibility index (Phi) is 4.06. The lowest BCUT2D eigenvalue weighted by Crippen LogP contribution is -2.17. The van der Waals surface area contributed by atoms with Crippen LogP contribution >= 0.6 is 12.2 Å². The summed E-state index contributed by atoms with van der Waals surface area (Å²) in [5.74, 6) is 1.91. The first kappa shape index (κ1) is 13.4. The summed E-state index contributed by atoms with van der Waals surface area (Å²) in [4.78, 5) is 8.72. The molecule has 0 saturated carbocycles. The predicted octanol–water partition coefficient (Wildman–Crippen LogP) is 1.37. The molecule has 0 radical (unpaired) electrons. The molecule has 0 aromatic carbocycles. The zero-order chi connectivity index (χ0) is 13.8. The van der Waals surface area contributed by atoms with Gasteiger partial charge in [-0.1, -0.05) is 17.4 Å². The van der Waals surface area contributed by atoms with Gasteiger partial charge in [0.2, 0.25) is 5.89 Å². The minimum Gasteiger partial charge on any atom is -0.389 e. The van der Waals surface area contributed by atoms with Gasteiger partial charge in [0, 0.05) is 26.1 Å². The predicted molar refractivity (Wildman–Crippen MR) is 76.1 cm³/mol. The van der Waals surface area contributed by atoms with E-state index in [-0.39, 0.29) is 0 Å². The van der Waals surface area contributed by atoms with Gasteiger partial charge in [0.05, 0.1) is 5.56 Å². The Morgan fingerprint density at radius 1 is 1.47 bits per heavy atom. The fraction of sp³-hybridized carbons (Fsp3) is 0.333. The average Bonchev–Trinajstić information content (AvgIpc) is 2.74. The van der Waals surface area contributed by atoms with Crippen LogP contribution in [-0.4, -0.2) is 26.7 Å². The lowest BCUT2D eigenvalue weighted by molar-refractivity contribution is 0.387. The Hall–Kier alpha value is -2.02. The van der Waals surface area contributed by atoms with Gasteiger partial charge in [-0.15, -0.1) is 0 Å². The minimum atomic E-state index is 0.337. The van der Waals surface area contributed by atoms with E-state index in [0.717, 1.165) is 11.1 Å². The van der Waals surface area contributed by atoms with Crippen molar-refractivity contribution in [3.63, 3.8) is 0 Å². The molecule has 0 atom stereocenters. The third kappa shape index (κ3) is 3.25. The highest BCUT2D eigenvalue weighted by atomic mass is 32.1. The van der Waals surface area contributed by atoms with Crippen molar-refractivity contribution in [1.82, 2.24) is 15.1 Å². The van der Waals surface area contributed by atoms with E-state index >= 15 is 0 Å². The summed E-state index contributed by atoms with van der Waals surface area (Å²) < 4.78 is 4.90. The summed E-state index contributed by atoms with van der Waals surface area (Å²) >= 11 is 5.04. The van der Waals surface area contributed by atoms with E-state index in [4.69, 9.17) is 22.5 Å². The minimum absolute atomic E-state index is 0.337. The van der Waals surface area contributed by atoms with Crippen LogP contribution in [0, 0.1) is 13.8 Å². The van der Waals surface area contributed by atoms with E-state index in [1.54, 1.807) is 13.1 Å². The number of nitrogens with zero attached hydrogens (tertiary/aromatic N) is 3. The summed E-state index contributed by atoms with van der Waals surface area (Å²) in [6, 6.07) is 1.88. The molecule has 0 fully saturated rings. The van der Waals surface area contributed by atoms with Crippen molar-refractivity contribution in [2.75, 3.05) is 11.9 Å². The van der Waals surface area contributed by atoms with E-state index < -0.39 is 0 Å². The summed E-state index contributed by atoms with van der Waals surface area (Å²) in [6.07, 6.45) is 2.36. The van der Waals surface area contributed by atoms with Crippen LogP contribution in [0.1, 0.15) is 22.8 Å². The third-order valence-corrected chi connectivity index (χ3v) is 2.82. The second-order valence-corrected chi connectivity index (χ2v) is 4.56. The van der Waals surface area contributed by atoms with Crippen LogP contribution in [0.15, 0.2) is 16.8 Å². The van der Waals surface area contributed by atoms with Gasteiger partial charge in [-0.05, 0) is 18.6 Å². The molecule has 0 spiro atoms. The average molecular weight is 277 g/mol. The second-order valence-electron chi connectivity index (χ2n) is 4.12. The fourth-order valence-corrected chi connectivity index (χ4v) is 2.00. The van der Waals surface area contributed by atoms with Crippen LogP contribution in [0.2, 0.25) is 0 Å². The molecule has 0 unspecified atom stereocenters. The number of hydrogen-bond acceptors (Lipinski definition) is 6. The normalized spacial score (nSPS) is 10.4. The third-order valence-electron chi connectivity index (χ3n) is 2.62. The van der Waals surface area contributed by atoms with Gasteiger partial charge in [0.1, 0.15) is 10.8 Å². The molecule has 2 rings (SSSR count). The molecule has 2 aromatic rings. The van der Waals surface area contributed by atoms with E-state index in [0.29, 0.717) is 35.5 Å². The lowest BCUT2D eigenvalue weighted by atomic mass is 10.1. The first-order valence-corrected chi connectivity index (χ1v) is 6.27. The zero-order valence-electron chi connectivity index (χ0n) is 10.8. The standard InChI is InChI=1S/C12H15N5OS/c1-7-3-5-14-12(10(7)11(13)19)15-6-4-9-16-8(2)18-17-9/h3,5H,4,6H2,1-2H3,(H2,13,19)(H,14,15). The van der Waals surface area contributed by atoms with Crippen LogP contribution in [0.3, 0.4) is 0 Å². The van der Waals surface area contributed by atoms with Gasteiger partial charge >= 0.3 is 0 Å². The maximum atomic E-state index is 5.71. The van der Waals surface area contributed by atoms with Crippen molar-refractivity contribution in [2.45, 2.75) is 20.3 Å². The van der Waals surface area contributed by atoms with Gasteiger partial charge in [-0.3, -0.25) is 0 Å². The summed E-state index contributed by atoms with van der Waals surface area (Å²) in [7, 11) is 0. The number of aryl methyl sites for hydroxylation is 2. The Bertz CT molecular complexity index is 596. The van der Waals surface area contributed by atoms with E-state index in [1.807, 2.05) is 13.0 Å². The van der Waals surface area contributed by atoms with Gasteiger partial charge in [-0.25, -0.2) is 4.98 Å². The van der Waals surface area contributed by atoms with Crippen LogP contribution < -0.4 is 11.1 Å². The Morgan fingerprint density at radius 2 is 2.26 bits per heavy atom. The molecule has 19 heavy (non-hydrogen) atoms. The van der Waals surface area contributed by atoms with Crippen LogP contribution in [-0.2, 0) is 6.42 Å². The van der Waals surface area contributed by atoms with Gasteiger partial charge in [-0.2, -0.15) is 4.98 Å². The van der Waals surface area contributed by atoms with Crippen molar-refractivity contribution >= 4 is 23.0 Å². The number of pyridine rings is 1. The number of anilines is 1. The van der Waals surface area contributed by atoms with Crippen LogP contribution in [0.4, 0.5) is 5.82 Å². The summed E-state index contributed by atoms with van der Waals surface area (Å²) in [6.45, 7) is 4.34. The molecule has 6 nitrogen and oxygen atoms in total. The monoisotopic (exact) mass is 277 g/mol. The number of aromatic nitrogens is 3. The molecular weight excluding hydrogens is 262 g/mol. The quantitative estimate of drug-likeness (QED) is 0.798. The largest absolute Gasteiger partial charge is 0.389 e. The van der Waals surface area contributed by atoms with Crippen molar-refractivity contribution in [2.24, 2.45) is 5.73 Å². The molecule has 3 N–H and O–H groups in total. The lowest BCUT2D eigenvalue weighted by Gasteiger charge is -2.11. The Balaban J connectivity index is 2.03. The van der Waals surface area contributed by atoms with Gasteiger partial charge in [0.15, 0.2) is 5.82 Å². The van der Waals surface area contributed by atoms with Crippen molar-refractivity contribution in [3.05, 3.63) is 35.1 Å². The topological polar surface area (TPSA) is 89.9 Å². The smallest absolute Gasteiger partial charge is 0.223 e. The number of nitrogens with one attached hydrogen (secondary N) is 1. The molecule has 7 heteroatoms. The van der Waals surface area contributed by atoms with Crippen molar-refractivity contribution < 1.29 is 4.52 Å². The molecule has 2 aromatic heterocycles. The maximum Gasteiger partial charge on any atom is 0.223 e. The van der Waals surface area contributed by atoms with Crippen LogP contribution in [0.25, 0.3) is 0 Å². The van der Waals surface area contributed by atoms with Gasteiger partial charge < -0.3 is 15.6 Å². The number of hydrogen-bond donors (Lipinski definition) is 2. The first-order chi connectivity index (χ1) is 9.08. The SMILES string of the molecule is Cc1nc(CCNc2nccc(C)c2C(N)=S)no1. The number of nitrogens with two attached hydrogens (primary N) is 1. The van der Waals surface area contributed by atoms with Crippen molar-refractivity contribution in [1.29, 1.82) is 0 Å². The van der Waals surface area contributed by atoms with E-state index in [9.17, 15) is 0 Å². The van der Waals surface area contributed by atoms with Crippen molar-refractivity contribution in [3.8, 4) is 0 Å². The summed E-state index contributed by atoms with van der Waals surface area (Å²) in [5.41, 5.74) is 7.49. The molecule has 2 heterocycles. The highest BCUT2D eigenvalue weighted by Crippen LogP contribution is 2.16. The van der Waals surface area contributed by atoms with Gasteiger partial charge in [0.25, 0.3) is 0 Å². The van der Waals surface area contributed by atoms with E-state index in [2.05, 4.69) is 20.4 Å². The molecular formula is C12H15N5OS. The van der Waals surface area contributed by atoms with E-state index in [1.165, 1.54) is 0 Å². The molecule has 0 bridgehead atoms. The second kappa shape index (κ2) is 5.75. The number of thiocarbonyl (C=S) groups is 1. The molecule has 0 aliphatic rings. The maximum absolute atomic E-state index is 5.71. The first-order valence-electron chi connectivity index (χ1n) is 5.86. The number of rotatable bonds is 5. The molecule has 0 saturated heterocycles.